The average molecular weight is 234 g/mol. The van der Waals surface area contributed by atoms with Crippen molar-refractivity contribution in [3.63, 3.8) is 0 Å². The molecule has 0 amide bonds. The standard InChI is InChI=1S/C12H11FN2O2/c1-7-5-9(13)3-4-10(7)15-6-8(2)11(14-15)12(16)17/h3-6H,1-2H3,(H,16,17). The second-order valence-corrected chi connectivity index (χ2v) is 3.84. The van der Waals surface area contributed by atoms with E-state index < -0.39 is 5.97 Å². The van der Waals surface area contributed by atoms with Crippen LogP contribution >= 0.6 is 0 Å². The molecule has 0 bridgehead atoms. The maximum absolute atomic E-state index is 13.0. The molecule has 2 rings (SSSR count). The Morgan fingerprint density at radius 2 is 2.06 bits per heavy atom. The lowest BCUT2D eigenvalue weighted by Crippen LogP contribution is -2.03. The van der Waals surface area contributed by atoms with Crippen molar-refractivity contribution in [2.45, 2.75) is 13.8 Å². The third-order valence-corrected chi connectivity index (χ3v) is 2.51. The molecule has 1 aromatic heterocycles. The van der Waals surface area contributed by atoms with Gasteiger partial charge in [0.25, 0.3) is 0 Å². The van der Waals surface area contributed by atoms with Gasteiger partial charge >= 0.3 is 5.97 Å². The van der Waals surface area contributed by atoms with Gasteiger partial charge in [0.2, 0.25) is 0 Å². The normalized spacial score (nSPS) is 10.5. The van der Waals surface area contributed by atoms with Crippen LogP contribution in [-0.4, -0.2) is 20.9 Å². The van der Waals surface area contributed by atoms with E-state index in [1.54, 1.807) is 26.1 Å². The van der Waals surface area contributed by atoms with Gasteiger partial charge in [-0.1, -0.05) is 0 Å². The van der Waals surface area contributed by atoms with Crippen LogP contribution in [0, 0.1) is 19.7 Å². The minimum atomic E-state index is -1.07. The number of benzene rings is 1. The van der Waals surface area contributed by atoms with E-state index >= 15 is 0 Å². The largest absolute Gasteiger partial charge is 0.476 e. The molecule has 2 aromatic rings. The summed E-state index contributed by atoms with van der Waals surface area (Å²) in [5, 5.41) is 12.9. The summed E-state index contributed by atoms with van der Waals surface area (Å²) in [5.41, 5.74) is 1.95. The first-order chi connectivity index (χ1) is 7.99. The van der Waals surface area contributed by atoms with Crippen LogP contribution in [0.2, 0.25) is 0 Å². The van der Waals surface area contributed by atoms with Crippen molar-refractivity contribution >= 4 is 5.97 Å². The first-order valence-corrected chi connectivity index (χ1v) is 5.05. The number of halogens is 1. The summed E-state index contributed by atoms with van der Waals surface area (Å²) in [4.78, 5) is 10.9. The molecule has 1 heterocycles. The zero-order valence-electron chi connectivity index (χ0n) is 9.44. The molecule has 0 unspecified atom stereocenters. The molecule has 88 valence electrons. The van der Waals surface area contributed by atoms with E-state index in [2.05, 4.69) is 5.10 Å². The van der Waals surface area contributed by atoms with Gasteiger partial charge in [-0.3, -0.25) is 0 Å². The molecule has 1 N–H and O–H groups in total. The number of aryl methyl sites for hydroxylation is 2. The number of carbonyl (C=O) groups is 1. The highest BCUT2D eigenvalue weighted by atomic mass is 19.1. The molecular weight excluding hydrogens is 223 g/mol. The van der Waals surface area contributed by atoms with Gasteiger partial charge in [-0.05, 0) is 37.6 Å². The van der Waals surface area contributed by atoms with Crippen molar-refractivity contribution in [2.24, 2.45) is 0 Å². The van der Waals surface area contributed by atoms with E-state index in [9.17, 15) is 9.18 Å². The first kappa shape index (κ1) is 11.3. The molecule has 0 saturated carbocycles. The van der Waals surface area contributed by atoms with E-state index in [-0.39, 0.29) is 11.5 Å². The SMILES string of the molecule is Cc1cc(F)ccc1-n1cc(C)c(C(=O)O)n1. The van der Waals surface area contributed by atoms with E-state index in [4.69, 9.17) is 5.11 Å². The fraction of sp³-hybridized carbons (Fsp3) is 0.167. The average Bonchev–Trinajstić information content (AvgIpc) is 2.60. The van der Waals surface area contributed by atoms with Gasteiger partial charge in [0.15, 0.2) is 5.69 Å². The molecule has 0 aliphatic heterocycles. The van der Waals surface area contributed by atoms with Crippen LogP contribution < -0.4 is 0 Å². The predicted octanol–water partition coefficient (Wildman–Crippen LogP) is 2.33. The number of carboxylic acid groups (broad SMARTS) is 1. The van der Waals surface area contributed by atoms with Crippen molar-refractivity contribution in [3.8, 4) is 5.69 Å². The molecule has 1 aromatic carbocycles. The second kappa shape index (κ2) is 4.01. The number of hydrogen-bond donors (Lipinski definition) is 1. The topological polar surface area (TPSA) is 55.1 Å². The number of rotatable bonds is 2. The van der Waals surface area contributed by atoms with Gasteiger partial charge in [0.05, 0.1) is 5.69 Å². The maximum Gasteiger partial charge on any atom is 0.356 e. The summed E-state index contributed by atoms with van der Waals surface area (Å²) in [7, 11) is 0. The Morgan fingerprint density at radius 3 is 2.59 bits per heavy atom. The quantitative estimate of drug-likeness (QED) is 0.867. The highest BCUT2D eigenvalue weighted by molar-refractivity contribution is 5.86. The smallest absolute Gasteiger partial charge is 0.356 e. The van der Waals surface area contributed by atoms with Gasteiger partial charge in [-0.25, -0.2) is 13.9 Å². The van der Waals surface area contributed by atoms with Crippen molar-refractivity contribution in [3.05, 3.63) is 47.0 Å². The van der Waals surface area contributed by atoms with Crippen molar-refractivity contribution in [1.29, 1.82) is 0 Å². The van der Waals surface area contributed by atoms with E-state index in [0.29, 0.717) is 16.8 Å². The predicted molar refractivity (Wildman–Crippen MR) is 60.0 cm³/mol. The zero-order chi connectivity index (χ0) is 12.6. The van der Waals surface area contributed by atoms with Crippen LogP contribution in [0.15, 0.2) is 24.4 Å². The minimum Gasteiger partial charge on any atom is -0.476 e. The lowest BCUT2D eigenvalue weighted by molar-refractivity contribution is 0.0689. The van der Waals surface area contributed by atoms with Gasteiger partial charge in [-0.15, -0.1) is 0 Å². The molecule has 0 aliphatic rings. The van der Waals surface area contributed by atoms with Gasteiger partial charge in [0.1, 0.15) is 5.82 Å². The number of hydrogen-bond acceptors (Lipinski definition) is 2. The van der Waals surface area contributed by atoms with Crippen molar-refractivity contribution in [2.75, 3.05) is 0 Å². The van der Waals surface area contributed by atoms with Gasteiger partial charge < -0.3 is 5.11 Å². The third kappa shape index (κ3) is 2.04. The number of carboxylic acids is 1. The van der Waals surface area contributed by atoms with Crippen LogP contribution in [0.5, 0.6) is 0 Å². The lowest BCUT2D eigenvalue weighted by Gasteiger charge is -2.05. The van der Waals surface area contributed by atoms with Crippen LogP contribution in [0.4, 0.5) is 4.39 Å². The second-order valence-electron chi connectivity index (χ2n) is 3.84. The summed E-state index contributed by atoms with van der Waals surface area (Å²) >= 11 is 0. The molecule has 0 atom stereocenters. The van der Waals surface area contributed by atoms with Crippen LogP contribution in [-0.2, 0) is 0 Å². The molecule has 0 fully saturated rings. The fourth-order valence-electron chi connectivity index (χ4n) is 1.67. The Kier molecular flexibility index (Phi) is 2.67. The summed E-state index contributed by atoms with van der Waals surface area (Å²) in [6.07, 6.45) is 1.61. The highest BCUT2D eigenvalue weighted by Crippen LogP contribution is 2.16. The van der Waals surface area contributed by atoms with E-state index in [0.717, 1.165) is 0 Å². The number of nitrogens with zero attached hydrogens (tertiary/aromatic N) is 2. The Balaban J connectivity index is 2.53. The summed E-state index contributed by atoms with van der Waals surface area (Å²) in [6, 6.07) is 4.27. The summed E-state index contributed by atoms with van der Waals surface area (Å²) < 4.78 is 14.4. The molecular formula is C12H11FN2O2. The first-order valence-electron chi connectivity index (χ1n) is 5.05. The van der Waals surface area contributed by atoms with Crippen LogP contribution in [0.1, 0.15) is 21.6 Å². The van der Waals surface area contributed by atoms with Crippen molar-refractivity contribution < 1.29 is 14.3 Å². The minimum absolute atomic E-state index is 0.00808. The number of aromatic nitrogens is 2. The molecule has 17 heavy (non-hydrogen) atoms. The van der Waals surface area contributed by atoms with Crippen LogP contribution in [0.3, 0.4) is 0 Å². The number of aromatic carboxylic acids is 1. The molecule has 0 spiro atoms. The summed E-state index contributed by atoms with van der Waals surface area (Å²) in [6.45, 7) is 3.42. The van der Waals surface area contributed by atoms with Gasteiger partial charge in [0, 0.05) is 11.8 Å². The third-order valence-electron chi connectivity index (χ3n) is 2.51. The lowest BCUT2D eigenvalue weighted by atomic mass is 10.2. The molecule has 0 radical (unpaired) electrons. The zero-order valence-corrected chi connectivity index (χ0v) is 9.44. The molecule has 0 saturated heterocycles. The molecule has 5 heteroatoms. The van der Waals surface area contributed by atoms with Gasteiger partial charge in [-0.2, -0.15) is 5.10 Å². The molecule has 4 nitrogen and oxygen atoms in total. The Morgan fingerprint density at radius 1 is 1.35 bits per heavy atom. The monoisotopic (exact) mass is 234 g/mol. The maximum atomic E-state index is 13.0. The Bertz CT molecular complexity index is 590. The van der Waals surface area contributed by atoms with Crippen molar-refractivity contribution in [1.82, 2.24) is 9.78 Å². The highest BCUT2D eigenvalue weighted by Gasteiger charge is 2.13. The van der Waals surface area contributed by atoms with Crippen LogP contribution in [0.25, 0.3) is 5.69 Å². The van der Waals surface area contributed by atoms with E-state index in [1.165, 1.54) is 16.8 Å². The Labute approximate surface area is 97.3 Å². The van der Waals surface area contributed by atoms with E-state index in [1.807, 2.05) is 0 Å². The fourth-order valence-corrected chi connectivity index (χ4v) is 1.67. The molecule has 0 aliphatic carbocycles. The Hall–Kier alpha value is -2.17. The summed E-state index contributed by atoms with van der Waals surface area (Å²) in [5.74, 6) is -1.39.